The number of likely N-dealkylation sites (tertiary alicyclic amines) is 1. The molecule has 19 heavy (non-hydrogen) atoms. The molecular formula is C15H28N4. The molecule has 1 saturated heterocycles. The van der Waals surface area contributed by atoms with E-state index in [4.69, 9.17) is 0 Å². The maximum absolute atomic E-state index is 9.70. The van der Waals surface area contributed by atoms with Crippen molar-refractivity contribution in [3.8, 4) is 6.07 Å². The molecule has 2 fully saturated rings. The van der Waals surface area contributed by atoms with E-state index in [1.54, 1.807) is 0 Å². The summed E-state index contributed by atoms with van der Waals surface area (Å²) in [6, 6.07) is 3.27. The predicted octanol–water partition coefficient (Wildman–Crippen LogP) is 1.29. The maximum atomic E-state index is 9.70. The highest BCUT2D eigenvalue weighted by atomic mass is 15.2. The van der Waals surface area contributed by atoms with Crippen molar-refractivity contribution >= 4 is 0 Å². The molecule has 108 valence electrons. The minimum absolute atomic E-state index is 0.294. The molecule has 0 spiro atoms. The molecule has 0 bridgehead atoms. The SMILES string of the molecule is CCCNC(C#N)(CN1CCC(N(C)C)C1)C1CC1. The van der Waals surface area contributed by atoms with E-state index in [1.165, 1.54) is 19.3 Å². The van der Waals surface area contributed by atoms with Crippen LogP contribution in [0.25, 0.3) is 0 Å². The average molecular weight is 264 g/mol. The Morgan fingerprint density at radius 3 is 2.58 bits per heavy atom. The molecule has 2 rings (SSSR count). The lowest BCUT2D eigenvalue weighted by Crippen LogP contribution is -2.54. The van der Waals surface area contributed by atoms with Gasteiger partial charge in [-0.3, -0.25) is 10.2 Å². The van der Waals surface area contributed by atoms with E-state index < -0.39 is 0 Å². The van der Waals surface area contributed by atoms with Gasteiger partial charge in [0.15, 0.2) is 0 Å². The second kappa shape index (κ2) is 6.21. The fourth-order valence-corrected chi connectivity index (χ4v) is 3.15. The van der Waals surface area contributed by atoms with Crippen molar-refractivity contribution in [2.45, 2.75) is 44.2 Å². The van der Waals surface area contributed by atoms with Gasteiger partial charge in [0.05, 0.1) is 6.07 Å². The number of hydrogen-bond acceptors (Lipinski definition) is 4. The Hall–Kier alpha value is -0.630. The minimum atomic E-state index is -0.294. The normalized spacial score (nSPS) is 27.4. The van der Waals surface area contributed by atoms with Crippen LogP contribution in [0.3, 0.4) is 0 Å². The first kappa shape index (κ1) is 14.8. The maximum Gasteiger partial charge on any atom is 0.122 e. The minimum Gasteiger partial charge on any atom is -0.305 e. The standard InChI is InChI=1S/C15H28N4/c1-4-8-17-15(11-16,13-5-6-13)12-19-9-7-14(10-19)18(2)3/h13-14,17H,4-10,12H2,1-3H3. The molecule has 0 aromatic heterocycles. The number of nitrogens with zero attached hydrogens (tertiary/aromatic N) is 3. The van der Waals surface area contributed by atoms with Crippen molar-refractivity contribution in [2.75, 3.05) is 40.3 Å². The first-order chi connectivity index (χ1) is 9.11. The van der Waals surface area contributed by atoms with Gasteiger partial charge < -0.3 is 4.90 Å². The summed E-state index contributed by atoms with van der Waals surface area (Å²) >= 11 is 0. The third kappa shape index (κ3) is 3.47. The van der Waals surface area contributed by atoms with E-state index in [0.717, 1.165) is 32.6 Å². The van der Waals surface area contributed by atoms with Crippen LogP contribution in [-0.4, -0.2) is 61.7 Å². The quantitative estimate of drug-likeness (QED) is 0.752. The van der Waals surface area contributed by atoms with E-state index in [-0.39, 0.29) is 5.54 Å². The molecule has 4 nitrogen and oxygen atoms in total. The molecule has 1 aliphatic carbocycles. The van der Waals surface area contributed by atoms with Crippen LogP contribution in [-0.2, 0) is 0 Å². The van der Waals surface area contributed by atoms with Gasteiger partial charge in [-0.25, -0.2) is 0 Å². The zero-order valence-electron chi connectivity index (χ0n) is 12.7. The van der Waals surface area contributed by atoms with E-state index in [0.29, 0.717) is 12.0 Å². The van der Waals surface area contributed by atoms with Crippen molar-refractivity contribution in [3.63, 3.8) is 0 Å². The van der Waals surface area contributed by atoms with Gasteiger partial charge in [0.2, 0.25) is 0 Å². The van der Waals surface area contributed by atoms with Crippen molar-refractivity contribution in [1.82, 2.24) is 15.1 Å². The molecule has 2 aliphatic rings. The van der Waals surface area contributed by atoms with E-state index >= 15 is 0 Å². The van der Waals surface area contributed by atoms with Crippen LogP contribution in [0, 0.1) is 17.2 Å². The molecule has 0 radical (unpaired) electrons. The number of likely N-dealkylation sites (N-methyl/N-ethyl adjacent to an activating group) is 1. The van der Waals surface area contributed by atoms with E-state index in [9.17, 15) is 5.26 Å². The van der Waals surface area contributed by atoms with Gasteiger partial charge in [-0.15, -0.1) is 0 Å². The summed E-state index contributed by atoms with van der Waals surface area (Å²) in [7, 11) is 4.31. The van der Waals surface area contributed by atoms with Gasteiger partial charge in [-0.1, -0.05) is 6.92 Å². The van der Waals surface area contributed by atoms with Gasteiger partial charge in [-0.2, -0.15) is 5.26 Å². The van der Waals surface area contributed by atoms with Gasteiger partial charge in [0.25, 0.3) is 0 Å². The second-order valence-electron chi connectivity index (χ2n) is 6.43. The number of nitriles is 1. The summed E-state index contributed by atoms with van der Waals surface area (Å²) in [4.78, 5) is 4.79. The zero-order chi connectivity index (χ0) is 13.9. The Balaban J connectivity index is 1.95. The highest BCUT2D eigenvalue weighted by Gasteiger charge is 2.47. The van der Waals surface area contributed by atoms with Gasteiger partial charge >= 0.3 is 0 Å². The van der Waals surface area contributed by atoms with Crippen LogP contribution >= 0.6 is 0 Å². The third-order valence-corrected chi connectivity index (χ3v) is 4.62. The lowest BCUT2D eigenvalue weighted by molar-refractivity contribution is 0.210. The molecule has 4 heteroatoms. The van der Waals surface area contributed by atoms with Crippen LogP contribution in [0.15, 0.2) is 0 Å². The first-order valence-corrected chi connectivity index (χ1v) is 7.66. The van der Waals surface area contributed by atoms with E-state index in [1.807, 2.05) is 0 Å². The van der Waals surface area contributed by atoms with Crippen LogP contribution < -0.4 is 5.32 Å². The molecule has 1 aliphatic heterocycles. The monoisotopic (exact) mass is 264 g/mol. The molecule has 1 heterocycles. The Morgan fingerprint density at radius 2 is 2.11 bits per heavy atom. The molecular weight excluding hydrogens is 236 g/mol. The molecule has 0 aromatic carbocycles. The fourth-order valence-electron chi connectivity index (χ4n) is 3.15. The Morgan fingerprint density at radius 1 is 1.37 bits per heavy atom. The highest BCUT2D eigenvalue weighted by Crippen LogP contribution is 2.40. The van der Waals surface area contributed by atoms with Gasteiger partial charge in [0.1, 0.15) is 5.54 Å². The molecule has 1 N–H and O–H groups in total. The third-order valence-electron chi connectivity index (χ3n) is 4.62. The largest absolute Gasteiger partial charge is 0.305 e. The van der Waals surface area contributed by atoms with Crippen molar-refractivity contribution < 1.29 is 0 Å². The topological polar surface area (TPSA) is 42.3 Å². The van der Waals surface area contributed by atoms with Crippen LogP contribution in [0.2, 0.25) is 0 Å². The summed E-state index contributed by atoms with van der Waals surface area (Å²) < 4.78 is 0. The Kier molecular flexibility index (Phi) is 4.83. The van der Waals surface area contributed by atoms with Gasteiger partial charge in [-0.05, 0) is 58.8 Å². The lowest BCUT2D eigenvalue weighted by Gasteiger charge is -2.33. The number of nitrogens with one attached hydrogen (secondary N) is 1. The fraction of sp³-hybridized carbons (Fsp3) is 0.933. The molecule has 2 unspecified atom stereocenters. The molecule has 1 saturated carbocycles. The van der Waals surface area contributed by atoms with Crippen molar-refractivity contribution in [2.24, 2.45) is 5.92 Å². The second-order valence-corrected chi connectivity index (χ2v) is 6.43. The summed E-state index contributed by atoms with van der Waals surface area (Å²) in [6.07, 6.45) is 4.76. The average Bonchev–Trinajstić information content (AvgIpc) is 3.15. The summed E-state index contributed by atoms with van der Waals surface area (Å²) in [5, 5.41) is 13.2. The predicted molar refractivity (Wildman–Crippen MR) is 77.9 cm³/mol. The van der Waals surface area contributed by atoms with E-state index in [2.05, 4.69) is 42.2 Å². The number of hydrogen-bond donors (Lipinski definition) is 1. The smallest absolute Gasteiger partial charge is 0.122 e. The summed E-state index contributed by atoms with van der Waals surface area (Å²) in [5.74, 6) is 0.572. The summed E-state index contributed by atoms with van der Waals surface area (Å²) in [6.45, 7) is 6.26. The van der Waals surface area contributed by atoms with Crippen molar-refractivity contribution in [3.05, 3.63) is 0 Å². The molecule has 2 atom stereocenters. The lowest BCUT2D eigenvalue weighted by atomic mass is 9.94. The van der Waals surface area contributed by atoms with Crippen molar-refractivity contribution in [1.29, 1.82) is 5.26 Å². The van der Waals surface area contributed by atoms with Gasteiger partial charge in [0, 0.05) is 19.1 Å². The van der Waals surface area contributed by atoms with Crippen LogP contribution in [0.5, 0.6) is 0 Å². The zero-order valence-corrected chi connectivity index (χ0v) is 12.7. The first-order valence-electron chi connectivity index (χ1n) is 7.66. The highest BCUT2D eigenvalue weighted by molar-refractivity contribution is 5.17. The summed E-state index contributed by atoms with van der Waals surface area (Å²) in [5.41, 5.74) is -0.294. The Bertz CT molecular complexity index is 332. The Labute approximate surface area is 117 Å². The molecule has 0 aromatic rings. The number of rotatable bonds is 7. The van der Waals surface area contributed by atoms with Crippen LogP contribution in [0.4, 0.5) is 0 Å². The molecule has 0 amide bonds. The van der Waals surface area contributed by atoms with Crippen LogP contribution in [0.1, 0.15) is 32.6 Å².